The molecule has 19 heavy (non-hydrogen) atoms. The van der Waals surface area contributed by atoms with Gasteiger partial charge in [-0.05, 0) is 59.8 Å². The van der Waals surface area contributed by atoms with Crippen molar-refractivity contribution in [2.24, 2.45) is 0 Å². The molecule has 2 N–H and O–H groups in total. The average Bonchev–Trinajstić information content (AvgIpc) is 2.81. The van der Waals surface area contributed by atoms with Crippen molar-refractivity contribution in [2.75, 3.05) is 18.1 Å². The molecule has 4 nitrogen and oxygen atoms in total. The van der Waals surface area contributed by atoms with Gasteiger partial charge in [0.1, 0.15) is 0 Å². The minimum atomic E-state index is -3.26. The van der Waals surface area contributed by atoms with Crippen LogP contribution in [0.2, 0.25) is 0 Å². The molecular formula is C13H18BrNO3S. The summed E-state index contributed by atoms with van der Waals surface area (Å²) in [5.41, 5.74) is 6.16. The molecule has 0 bridgehead atoms. The third-order valence-electron chi connectivity index (χ3n) is 3.25. The summed E-state index contributed by atoms with van der Waals surface area (Å²) >= 11 is 3.26. The predicted octanol–water partition coefficient (Wildman–Crippen LogP) is 2.76. The van der Waals surface area contributed by atoms with E-state index in [4.69, 9.17) is 10.5 Å². The number of halogens is 1. The Bertz CT molecular complexity index is 539. The molecule has 0 radical (unpaired) electrons. The summed E-state index contributed by atoms with van der Waals surface area (Å²) in [4.78, 5) is 0.314. The molecule has 0 aliphatic carbocycles. The van der Waals surface area contributed by atoms with E-state index in [0.29, 0.717) is 21.5 Å². The third kappa shape index (κ3) is 3.94. The number of hydrogen-bond acceptors (Lipinski definition) is 4. The van der Waals surface area contributed by atoms with Gasteiger partial charge in [-0.2, -0.15) is 0 Å². The lowest BCUT2D eigenvalue weighted by molar-refractivity contribution is 0.104. The second-order valence-electron chi connectivity index (χ2n) is 4.79. The second kappa shape index (κ2) is 6.24. The number of hydrogen-bond donors (Lipinski definition) is 1. The van der Waals surface area contributed by atoms with Gasteiger partial charge in [0, 0.05) is 16.8 Å². The minimum Gasteiger partial charge on any atom is -0.399 e. The van der Waals surface area contributed by atoms with Gasteiger partial charge in [-0.15, -0.1) is 0 Å². The number of sulfone groups is 1. The Labute approximate surface area is 122 Å². The molecular weight excluding hydrogens is 330 g/mol. The highest BCUT2D eigenvalue weighted by Crippen LogP contribution is 2.26. The molecule has 2 rings (SSSR count). The van der Waals surface area contributed by atoms with Gasteiger partial charge in [-0.1, -0.05) is 0 Å². The van der Waals surface area contributed by atoms with Crippen LogP contribution < -0.4 is 5.73 Å². The zero-order valence-electron chi connectivity index (χ0n) is 10.6. The van der Waals surface area contributed by atoms with Crippen LogP contribution in [0.15, 0.2) is 27.6 Å². The molecule has 1 atom stereocenters. The fourth-order valence-electron chi connectivity index (χ4n) is 2.25. The van der Waals surface area contributed by atoms with Crippen molar-refractivity contribution in [3.63, 3.8) is 0 Å². The summed E-state index contributed by atoms with van der Waals surface area (Å²) in [6.45, 7) is 0.806. The lowest BCUT2D eigenvalue weighted by Crippen LogP contribution is -2.11. The van der Waals surface area contributed by atoms with Gasteiger partial charge in [0.05, 0.1) is 16.8 Å². The Hall–Kier alpha value is -0.590. The predicted molar refractivity (Wildman–Crippen MR) is 78.8 cm³/mol. The molecule has 0 saturated carbocycles. The molecule has 1 saturated heterocycles. The second-order valence-corrected chi connectivity index (χ2v) is 7.72. The number of benzene rings is 1. The van der Waals surface area contributed by atoms with E-state index in [1.165, 1.54) is 0 Å². The van der Waals surface area contributed by atoms with Crippen LogP contribution in [-0.4, -0.2) is 26.9 Å². The van der Waals surface area contributed by atoms with Gasteiger partial charge >= 0.3 is 0 Å². The summed E-state index contributed by atoms with van der Waals surface area (Å²) in [6, 6.07) is 4.78. The van der Waals surface area contributed by atoms with Crippen molar-refractivity contribution in [1.29, 1.82) is 0 Å². The van der Waals surface area contributed by atoms with Crippen molar-refractivity contribution in [3.05, 3.63) is 22.7 Å². The summed E-state index contributed by atoms with van der Waals surface area (Å²) in [5, 5.41) is 0. The van der Waals surface area contributed by atoms with Gasteiger partial charge in [0.25, 0.3) is 0 Å². The Morgan fingerprint density at radius 2 is 2.21 bits per heavy atom. The van der Waals surface area contributed by atoms with E-state index >= 15 is 0 Å². The maximum Gasteiger partial charge on any atom is 0.179 e. The quantitative estimate of drug-likeness (QED) is 0.831. The zero-order valence-corrected chi connectivity index (χ0v) is 13.0. The molecule has 0 aromatic heterocycles. The molecule has 1 aliphatic heterocycles. The van der Waals surface area contributed by atoms with Crippen LogP contribution in [0.3, 0.4) is 0 Å². The standard InChI is InChI=1S/C13H18BrNO3S/c14-12-9-10(15)5-6-13(12)19(16,17)8-2-4-11-3-1-7-18-11/h5-6,9,11H,1-4,7-8,15H2. The van der Waals surface area contributed by atoms with Crippen LogP contribution in [-0.2, 0) is 14.6 Å². The van der Waals surface area contributed by atoms with Crippen molar-refractivity contribution in [2.45, 2.75) is 36.7 Å². The number of nitrogen functional groups attached to an aromatic ring is 1. The van der Waals surface area contributed by atoms with Crippen molar-refractivity contribution in [1.82, 2.24) is 0 Å². The highest BCUT2D eigenvalue weighted by Gasteiger charge is 2.20. The van der Waals surface area contributed by atoms with Crippen LogP contribution >= 0.6 is 15.9 Å². The largest absolute Gasteiger partial charge is 0.399 e. The minimum absolute atomic E-state index is 0.148. The first kappa shape index (κ1) is 14.8. The Kier molecular flexibility index (Phi) is 4.86. The van der Waals surface area contributed by atoms with E-state index in [-0.39, 0.29) is 11.9 Å². The first-order valence-electron chi connectivity index (χ1n) is 6.38. The Morgan fingerprint density at radius 3 is 2.84 bits per heavy atom. The molecule has 1 fully saturated rings. The first-order valence-corrected chi connectivity index (χ1v) is 8.83. The molecule has 1 aliphatic rings. The smallest absolute Gasteiger partial charge is 0.179 e. The highest BCUT2D eigenvalue weighted by molar-refractivity contribution is 9.10. The van der Waals surface area contributed by atoms with E-state index in [1.54, 1.807) is 18.2 Å². The third-order valence-corrected chi connectivity index (χ3v) is 6.02. The van der Waals surface area contributed by atoms with Gasteiger partial charge in [-0.3, -0.25) is 0 Å². The molecule has 6 heteroatoms. The van der Waals surface area contributed by atoms with Crippen LogP contribution in [0.5, 0.6) is 0 Å². The fourth-order valence-corrected chi connectivity index (χ4v) is 4.79. The highest BCUT2D eigenvalue weighted by atomic mass is 79.9. The summed E-state index contributed by atoms with van der Waals surface area (Å²) in [7, 11) is -3.26. The topological polar surface area (TPSA) is 69.4 Å². The summed E-state index contributed by atoms with van der Waals surface area (Å²) in [6.07, 6.45) is 3.81. The molecule has 1 aromatic carbocycles. The summed E-state index contributed by atoms with van der Waals surface area (Å²) < 4.78 is 30.5. The number of rotatable bonds is 5. The molecule has 1 heterocycles. The Balaban J connectivity index is 1.97. The maximum atomic E-state index is 12.2. The van der Waals surface area contributed by atoms with Crippen molar-refractivity contribution < 1.29 is 13.2 Å². The first-order chi connectivity index (χ1) is 8.99. The molecule has 0 amide bonds. The molecule has 106 valence electrons. The van der Waals surface area contributed by atoms with Crippen molar-refractivity contribution >= 4 is 31.5 Å². The van der Waals surface area contributed by atoms with Crippen molar-refractivity contribution in [3.8, 4) is 0 Å². The van der Waals surface area contributed by atoms with Gasteiger partial charge < -0.3 is 10.5 Å². The molecule has 0 spiro atoms. The lowest BCUT2D eigenvalue weighted by atomic mass is 10.1. The van der Waals surface area contributed by atoms with Gasteiger partial charge in [0.15, 0.2) is 9.84 Å². The van der Waals surface area contributed by atoms with Gasteiger partial charge in [-0.25, -0.2) is 8.42 Å². The van der Waals surface area contributed by atoms with Gasteiger partial charge in [0.2, 0.25) is 0 Å². The lowest BCUT2D eigenvalue weighted by Gasteiger charge is -2.10. The normalized spacial score (nSPS) is 19.7. The van der Waals surface area contributed by atoms with E-state index in [1.807, 2.05) is 0 Å². The van der Waals surface area contributed by atoms with E-state index in [9.17, 15) is 8.42 Å². The SMILES string of the molecule is Nc1ccc(S(=O)(=O)CCCC2CCCO2)c(Br)c1. The average molecular weight is 348 g/mol. The van der Waals surface area contributed by atoms with Crippen LogP contribution in [0.25, 0.3) is 0 Å². The number of nitrogens with two attached hydrogens (primary N) is 1. The fraction of sp³-hybridized carbons (Fsp3) is 0.538. The van der Waals surface area contributed by atoms with E-state index in [2.05, 4.69) is 15.9 Å². The monoisotopic (exact) mass is 347 g/mol. The van der Waals surface area contributed by atoms with Crippen LogP contribution in [0.4, 0.5) is 5.69 Å². The zero-order chi connectivity index (χ0) is 13.9. The molecule has 1 aromatic rings. The summed E-state index contributed by atoms with van der Waals surface area (Å²) in [5.74, 6) is 0.148. The maximum absolute atomic E-state index is 12.2. The Morgan fingerprint density at radius 1 is 1.42 bits per heavy atom. The van der Waals surface area contributed by atoms with E-state index in [0.717, 1.165) is 25.9 Å². The molecule has 1 unspecified atom stereocenters. The van der Waals surface area contributed by atoms with Crippen LogP contribution in [0.1, 0.15) is 25.7 Å². The van der Waals surface area contributed by atoms with E-state index < -0.39 is 9.84 Å². The number of anilines is 1. The number of ether oxygens (including phenoxy) is 1. The van der Waals surface area contributed by atoms with Crippen LogP contribution in [0, 0.1) is 0 Å².